The van der Waals surface area contributed by atoms with Gasteiger partial charge in [0.05, 0.1) is 5.60 Å². The number of anilines is 1. The summed E-state index contributed by atoms with van der Waals surface area (Å²) in [7, 11) is 0. The Morgan fingerprint density at radius 1 is 1.47 bits per heavy atom. The van der Waals surface area contributed by atoms with Crippen molar-refractivity contribution in [3.8, 4) is 0 Å². The summed E-state index contributed by atoms with van der Waals surface area (Å²) in [5, 5.41) is 13.3. The topological polar surface area (TPSA) is 67.2 Å². The zero-order valence-corrected chi connectivity index (χ0v) is 11.7. The lowest BCUT2D eigenvalue weighted by molar-refractivity contribution is 0.0613. The van der Waals surface area contributed by atoms with Crippen LogP contribution in [-0.4, -0.2) is 26.8 Å². The third-order valence-electron chi connectivity index (χ3n) is 3.59. The molecule has 0 aromatic carbocycles. The predicted octanol–water partition coefficient (Wildman–Crippen LogP) is 1.62. The van der Waals surface area contributed by atoms with E-state index in [0.717, 1.165) is 25.7 Å². The van der Waals surface area contributed by atoms with Crippen LogP contribution < -0.4 is 10.9 Å². The van der Waals surface area contributed by atoms with Gasteiger partial charge in [-0.2, -0.15) is 0 Å². The van der Waals surface area contributed by atoms with Crippen LogP contribution >= 0.6 is 0 Å². The lowest BCUT2D eigenvalue weighted by Gasteiger charge is -2.22. The van der Waals surface area contributed by atoms with Gasteiger partial charge in [0.15, 0.2) is 5.82 Å². The van der Waals surface area contributed by atoms with E-state index in [1.165, 1.54) is 0 Å². The van der Waals surface area contributed by atoms with Crippen molar-refractivity contribution in [2.24, 2.45) is 5.92 Å². The van der Waals surface area contributed by atoms with E-state index in [1.807, 2.05) is 0 Å². The molecule has 2 N–H and O–H groups in total. The number of rotatable bonds is 5. The Hall–Kier alpha value is -1.36. The van der Waals surface area contributed by atoms with Gasteiger partial charge in [0, 0.05) is 25.5 Å². The van der Waals surface area contributed by atoms with Crippen LogP contribution in [0.15, 0.2) is 17.2 Å². The van der Waals surface area contributed by atoms with Crippen LogP contribution in [0.1, 0.15) is 39.5 Å². The van der Waals surface area contributed by atoms with E-state index in [1.54, 1.807) is 17.0 Å². The number of aliphatic hydroxyl groups is 1. The van der Waals surface area contributed by atoms with Crippen molar-refractivity contribution in [3.63, 3.8) is 0 Å². The average Bonchev–Trinajstić information content (AvgIpc) is 2.77. The molecule has 1 aromatic rings. The van der Waals surface area contributed by atoms with Crippen molar-refractivity contribution < 1.29 is 5.11 Å². The monoisotopic (exact) mass is 265 g/mol. The molecule has 19 heavy (non-hydrogen) atoms. The number of hydrogen-bond donors (Lipinski definition) is 2. The molecule has 0 unspecified atom stereocenters. The maximum atomic E-state index is 12.2. The van der Waals surface area contributed by atoms with Crippen molar-refractivity contribution in [2.75, 3.05) is 11.9 Å². The molecule has 0 atom stereocenters. The van der Waals surface area contributed by atoms with Gasteiger partial charge >= 0.3 is 0 Å². The Bertz CT molecular complexity index is 476. The fourth-order valence-electron chi connectivity index (χ4n) is 2.56. The highest BCUT2D eigenvalue weighted by molar-refractivity contribution is 5.31. The first-order chi connectivity index (χ1) is 9.00. The van der Waals surface area contributed by atoms with Crippen LogP contribution in [0.3, 0.4) is 0 Å². The van der Waals surface area contributed by atoms with Gasteiger partial charge in [-0.25, -0.2) is 4.98 Å². The van der Waals surface area contributed by atoms with Gasteiger partial charge < -0.3 is 15.0 Å². The molecule has 5 nitrogen and oxygen atoms in total. The maximum absolute atomic E-state index is 12.2. The molecule has 0 spiro atoms. The van der Waals surface area contributed by atoms with Gasteiger partial charge in [-0.1, -0.05) is 26.7 Å². The van der Waals surface area contributed by atoms with Gasteiger partial charge in [0.1, 0.15) is 0 Å². The largest absolute Gasteiger partial charge is 0.388 e. The highest BCUT2D eigenvalue weighted by atomic mass is 16.3. The van der Waals surface area contributed by atoms with Crippen LogP contribution in [-0.2, 0) is 6.54 Å². The fourth-order valence-corrected chi connectivity index (χ4v) is 2.56. The second-order valence-electron chi connectivity index (χ2n) is 5.91. The molecule has 106 valence electrons. The molecule has 1 aromatic heterocycles. The molecule has 5 heteroatoms. The van der Waals surface area contributed by atoms with Gasteiger partial charge in [0.25, 0.3) is 5.56 Å². The van der Waals surface area contributed by atoms with Crippen molar-refractivity contribution in [1.29, 1.82) is 0 Å². The zero-order valence-electron chi connectivity index (χ0n) is 11.7. The highest BCUT2D eigenvalue weighted by Gasteiger charge is 2.31. The molecular formula is C14H23N3O2. The molecule has 1 aliphatic carbocycles. The Kier molecular flexibility index (Phi) is 4.24. The molecule has 0 amide bonds. The van der Waals surface area contributed by atoms with E-state index >= 15 is 0 Å². The second-order valence-corrected chi connectivity index (χ2v) is 5.91. The summed E-state index contributed by atoms with van der Waals surface area (Å²) in [5.74, 6) is 0.746. The van der Waals surface area contributed by atoms with Gasteiger partial charge in [-0.15, -0.1) is 0 Å². The normalized spacial score (nSPS) is 17.9. The Morgan fingerprint density at radius 2 is 2.16 bits per heavy atom. The number of hydrogen-bond acceptors (Lipinski definition) is 4. The molecule has 0 bridgehead atoms. The van der Waals surface area contributed by atoms with Crippen LogP contribution in [0.2, 0.25) is 0 Å². The molecule has 1 fully saturated rings. The highest BCUT2D eigenvalue weighted by Crippen LogP contribution is 2.29. The van der Waals surface area contributed by atoms with Gasteiger partial charge in [-0.3, -0.25) is 4.79 Å². The Labute approximate surface area is 113 Å². The van der Waals surface area contributed by atoms with E-state index in [2.05, 4.69) is 24.1 Å². The first kappa shape index (κ1) is 14.1. The van der Waals surface area contributed by atoms with Crippen LogP contribution in [0, 0.1) is 5.92 Å². The van der Waals surface area contributed by atoms with E-state index in [9.17, 15) is 9.90 Å². The van der Waals surface area contributed by atoms with E-state index in [0.29, 0.717) is 24.8 Å². The Balaban J connectivity index is 2.06. The zero-order chi connectivity index (χ0) is 13.9. The van der Waals surface area contributed by atoms with Crippen LogP contribution in [0.4, 0.5) is 5.82 Å². The predicted molar refractivity (Wildman–Crippen MR) is 75.2 cm³/mol. The summed E-state index contributed by atoms with van der Waals surface area (Å²) < 4.78 is 1.67. The molecule has 0 radical (unpaired) electrons. The first-order valence-electron chi connectivity index (χ1n) is 7.02. The molecule has 2 rings (SSSR count). The average molecular weight is 265 g/mol. The molecule has 0 aliphatic heterocycles. The molecular weight excluding hydrogens is 242 g/mol. The minimum Gasteiger partial charge on any atom is -0.388 e. The standard InChI is InChI=1S/C14H23N3O2/c1-11(2)9-17-8-7-15-12(13(17)18)16-10-14(19)5-3-4-6-14/h7-8,11,19H,3-6,9-10H2,1-2H3,(H,15,16). The maximum Gasteiger partial charge on any atom is 0.293 e. The molecule has 1 aliphatic rings. The molecule has 1 heterocycles. The van der Waals surface area contributed by atoms with E-state index in [-0.39, 0.29) is 5.56 Å². The van der Waals surface area contributed by atoms with E-state index in [4.69, 9.17) is 0 Å². The number of aromatic nitrogens is 2. The minimum absolute atomic E-state index is 0.113. The SMILES string of the molecule is CC(C)Cn1ccnc(NCC2(O)CCCC2)c1=O. The van der Waals surface area contributed by atoms with Crippen molar-refractivity contribution in [1.82, 2.24) is 9.55 Å². The van der Waals surface area contributed by atoms with Gasteiger partial charge in [0.2, 0.25) is 0 Å². The summed E-state index contributed by atoms with van der Waals surface area (Å²) in [6.07, 6.45) is 7.04. The fraction of sp³-hybridized carbons (Fsp3) is 0.714. The van der Waals surface area contributed by atoms with Crippen molar-refractivity contribution in [3.05, 3.63) is 22.7 Å². The summed E-state index contributed by atoms with van der Waals surface area (Å²) in [6, 6.07) is 0. The number of nitrogens with zero attached hydrogens (tertiary/aromatic N) is 2. The van der Waals surface area contributed by atoms with Crippen LogP contribution in [0.5, 0.6) is 0 Å². The lowest BCUT2D eigenvalue weighted by atomic mass is 10.0. The third-order valence-corrected chi connectivity index (χ3v) is 3.59. The van der Waals surface area contributed by atoms with Crippen LogP contribution in [0.25, 0.3) is 0 Å². The third kappa shape index (κ3) is 3.56. The lowest BCUT2D eigenvalue weighted by Crippen LogP contribution is -2.36. The minimum atomic E-state index is -0.674. The smallest absolute Gasteiger partial charge is 0.293 e. The number of nitrogens with one attached hydrogen (secondary N) is 1. The summed E-state index contributed by atoms with van der Waals surface area (Å²) in [5.41, 5.74) is -0.787. The quantitative estimate of drug-likeness (QED) is 0.849. The summed E-state index contributed by atoms with van der Waals surface area (Å²) >= 11 is 0. The van der Waals surface area contributed by atoms with E-state index < -0.39 is 5.60 Å². The summed E-state index contributed by atoms with van der Waals surface area (Å²) in [6.45, 7) is 5.23. The Morgan fingerprint density at radius 3 is 2.79 bits per heavy atom. The first-order valence-corrected chi connectivity index (χ1v) is 7.02. The second kappa shape index (κ2) is 5.74. The van der Waals surface area contributed by atoms with Crippen molar-refractivity contribution >= 4 is 5.82 Å². The van der Waals surface area contributed by atoms with Gasteiger partial charge in [-0.05, 0) is 18.8 Å². The summed E-state index contributed by atoms with van der Waals surface area (Å²) in [4.78, 5) is 16.3. The molecule has 0 saturated heterocycles. The van der Waals surface area contributed by atoms with Crippen molar-refractivity contribution in [2.45, 2.75) is 51.7 Å². The molecule has 1 saturated carbocycles.